The Morgan fingerprint density at radius 2 is 2.05 bits per heavy atom. The summed E-state index contributed by atoms with van der Waals surface area (Å²) < 4.78 is 0. The Balaban J connectivity index is 1.86. The molecule has 2 rings (SSSR count). The van der Waals surface area contributed by atoms with Crippen LogP contribution < -0.4 is 5.32 Å². The topological polar surface area (TPSA) is 32.3 Å². The molecule has 0 saturated carbocycles. The number of aryl methyl sites for hydroxylation is 1. The van der Waals surface area contributed by atoms with Gasteiger partial charge in [-0.05, 0) is 37.8 Å². The highest BCUT2D eigenvalue weighted by Crippen LogP contribution is 2.19. The highest BCUT2D eigenvalue weighted by Gasteiger charge is 2.24. The van der Waals surface area contributed by atoms with Crippen molar-refractivity contribution in [3.05, 3.63) is 35.4 Å². The maximum absolute atomic E-state index is 12.3. The van der Waals surface area contributed by atoms with Gasteiger partial charge in [0.15, 0.2) is 0 Å². The molecule has 1 saturated heterocycles. The molecule has 1 aromatic carbocycles. The third-order valence-corrected chi connectivity index (χ3v) is 4.29. The molecule has 0 aromatic heterocycles. The van der Waals surface area contributed by atoms with Crippen molar-refractivity contribution in [2.75, 3.05) is 13.6 Å². The summed E-state index contributed by atoms with van der Waals surface area (Å²) in [5.41, 5.74) is 2.44. The number of carbonyl (C=O) groups excluding carboxylic acids is 1. The quantitative estimate of drug-likeness (QED) is 0.915. The zero-order chi connectivity index (χ0) is 14.5. The van der Waals surface area contributed by atoms with Gasteiger partial charge in [-0.15, -0.1) is 0 Å². The van der Waals surface area contributed by atoms with E-state index >= 15 is 0 Å². The molecule has 2 atom stereocenters. The van der Waals surface area contributed by atoms with Gasteiger partial charge in [-0.2, -0.15) is 0 Å². The first kappa shape index (κ1) is 15.0. The second kappa shape index (κ2) is 6.89. The van der Waals surface area contributed by atoms with Crippen LogP contribution in [0.3, 0.4) is 0 Å². The second-order valence-electron chi connectivity index (χ2n) is 6.12. The van der Waals surface area contributed by atoms with Crippen molar-refractivity contribution in [1.29, 1.82) is 0 Å². The summed E-state index contributed by atoms with van der Waals surface area (Å²) in [6.45, 7) is 6.06. The maximum Gasteiger partial charge on any atom is 0.224 e. The van der Waals surface area contributed by atoms with Crippen LogP contribution in [0.1, 0.15) is 37.3 Å². The molecule has 1 amide bonds. The Bertz CT molecular complexity index is 441. The molecular weight excluding hydrogens is 248 g/mol. The predicted octanol–water partition coefficient (Wildman–Crippen LogP) is 2.73. The van der Waals surface area contributed by atoms with Crippen molar-refractivity contribution >= 4 is 5.91 Å². The van der Waals surface area contributed by atoms with Crippen molar-refractivity contribution in [3.8, 4) is 0 Å². The van der Waals surface area contributed by atoms with Gasteiger partial charge in [0.1, 0.15) is 0 Å². The first-order chi connectivity index (χ1) is 9.56. The molecule has 3 nitrogen and oxygen atoms in total. The van der Waals surface area contributed by atoms with Crippen molar-refractivity contribution in [2.45, 2.75) is 45.7 Å². The fourth-order valence-electron chi connectivity index (χ4n) is 2.79. The van der Waals surface area contributed by atoms with E-state index in [1.165, 1.54) is 24.0 Å². The van der Waals surface area contributed by atoms with E-state index in [-0.39, 0.29) is 5.91 Å². The van der Waals surface area contributed by atoms with Crippen molar-refractivity contribution < 1.29 is 4.79 Å². The van der Waals surface area contributed by atoms with Crippen LogP contribution >= 0.6 is 0 Å². The lowest BCUT2D eigenvalue weighted by Gasteiger charge is -2.31. The average Bonchev–Trinajstić information content (AvgIpc) is 2.44. The van der Waals surface area contributed by atoms with E-state index in [2.05, 4.69) is 43.4 Å². The second-order valence-corrected chi connectivity index (χ2v) is 6.12. The van der Waals surface area contributed by atoms with Crippen LogP contribution in [-0.2, 0) is 11.3 Å². The number of hydrogen-bond acceptors (Lipinski definition) is 2. The number of nitrogens with zero attached hydrogens (tertiary/aromatic N) is 1. The number of nitrogens with one attached hydrogen (secondary N) is 1. The molecule has 3 heteroatoms. The molecule has 110 valence electrons. The smallest absolute Gasteiger partial charge is 0.224 e. The average molecular weight is 274 g/mol. The molecule has 1 aliphatic rings. The highest BCUT2D eigenvalue weighted by atomic mass is 16.2. The predicted molar refractivity (Wildman–Crippen MR) is 82.5 cm³/mol. The van der Waals surface area contributed by atoms with E-state index in [9.17, 15) is 4.79 Å². The summed E-state index contributed by atoms with van der Waals surface area (Å²) in [5, 5.41) is 3.48. The molecule has 0 spiro atoms. The van der Waals surface area contributed by atoms with Gasteiger partial charge >= 0.3 is 0 Å². The zero-order valence-corrected chi connectivity index (χ0v) is 12.9. The zero-order valence-electron chi connectivity index (χ0n) is 12.9. The fourth-order valence-corrected chi connectivity index (χ4v) is 2.79. The molecule has 0 bridgehead atoms. The Morgan fingerprint density at radius 3 is 2.70 bits per heavy atom. The Hall–Kier alpha value is -1.35. The molecule has 1 heterocycles. The first-order valence-electron chi connectivity index (χ1n) is 7.59. The molecule has 1 aliphatic heterocycles. The van der Waals surface area contributed by atoms with Crippen LogP contribution in [-0.4, -0.2) is 30.4 Å². The van der Waals surface area contributed by atoms with E-state index in [1.54, 1.807) is 0 Å². The Kier molecular flexibility index (Phi) is 5.18. The summed E-state index contributed by atoms with van der Waals surface area (Å²) in [5.74, 6) is 0.831. The Morgan fingerprint density at radius 1 is 1.35 bits per heavy atom. The molecule has 1 fully saturated rings. The minimum atomic E-state index is 0.233. The van der Waals surface area contributed by atoms with Crippen LogP contribution in [0.5, 0.6) is 0 Å². The highest BCUT2D eigenvalue weighted by molar-refractivity contribution is 5.76. The van der Waals surface area contributed by atoms with Crippen molar-refractivity contribution in [1.82, 2.24) is 10.2 Å². The van der Waals surface area contributed by atoms with Gasteiger partial charge in [0.2, 0.25) is 5.91 Å². The van der Waals surface area contributed by atoms with E-state index < -0.39 is 0 Å². The van der Waals surface area contributed by atoms with Crippen LogP contribution in [0, 0.1) is 12.8 Å². The molecule has 0 radical (unpaired) electrons. The third-order valence-electron chi connectivity index (χ3n) is 4.29. The van der Waals surface area contributed by atoms with Crippen LogP contribution in [0.15, 0.2) is 24.3 Å². The normalized spacial score (nSPS) is 22.6. The largest absolute Gasteiger partial charge is 0.341 e. The van der Waals surface area contributed by atoms with Gasteiger partial charge < -0.3 is 10.2 Å². The number of amides is 1. The minimum Gasteiger partial charge on any atom is -0.341 e. The van der Waals surface area contributed by atoms with E-state index in [0.29, 0.717) is 24.9 Å². The summed E-state index contributed by atoms with van der Waals surface area (Å²) in [7, 11) is 1.90. The lowest BCUT2D eigenvalue weighted by molar-refractivity contribution is -0.131. The van der Waals surface area contributed by atoms with Gasteiger partial charge in [0.25, 0.3) is 0 Å². The molecular formula is C17H26N2O. The van der Waals surface area contributed by atoms with Gasteiger partial charge in [-0.1, -0.05) is 36.8 Å². The molecule has 20 heavy (non-hydrogen) atoms. The number of piperidine rings is 1. The number of rotatable bonds is 4. The van der Waals surface area contributed by atoms with E-state index in [0.717, 1.165) is 6.54 Å². The van der Waals surface area contributed by atoms with E-state index in [4.69, 9.17) is 0 Å². The van der Waals surface area contributed by atoms with Gasteiger partial charge in [0.05, 0.1) is 0 Å². The van der Waals surface area contributed by atoms with Gasteiger partial charge in [-0.25, -0.2) is 0 Å². The molecule has 1 N–H and O–H groups in total. The van der Waals surface area contributed by atoms with Crippen LogP contribution in [0.2, 0.25) is 0 Å². The minimum absolute atomic E-state index is 0.233. The van der Waals surface area contributed by atoms with Crippen molar-refractivity contribution in [2.24, 2.45) is 5.92 Å². The van der Waals surface area contributed by atoms with Crippen LogP contribution in [0.4, 0.5) is 0 Å². The van der Waals surface area contributed by atoms with E-state index in [1.807, 2.05) is 11.9 Å². The monoisotopic (exact) mass is 274 g/mol. The molecule has 1 aromatic rings. The van der Waals surface area contributed by atoms with Gasteiger partial charge in [-0.3, -0.25) is 4.79 Å². The Labute approximate surface area is 122 Å². The fraction of sp³-hybridized carbons (Fsp3) is 0.588. The first-order valence-corrected chi connectivity index (χ1v) is 7.59. The number of benzene rings is 1. The number of carbonyl (C=O) groups is 1. The summed E-state index contributed by atoms with van der Waals surface area (Å²) >= 11 is 0. The summed E-state index contributed by atoms with van der Waals surface area (Å²) in [6.07, 6.45) is 3.07. The third kappa shape index (κ3) is 4.07. The summed E-state index contributed by atoms with van der Waals surface area (Å²) in [4.78, 5) is 14.2. The SMILES string of the molecule is Cc1ccc(CN(C)C(=O)CC2NCCCC2C)cc1. The number of hydrogen-bond donors (Lipinski definition) is 1. The summed E-state index contributed by atoms with van der Waals surface area (Å²) in [6, 6.07) is 8.73. The lowest BCUT2D eigenvalue weighted by Crippen LogP contribution is -2.43. The van der Waals surface area contributed by atoms with Crippen molar-refractivity contribution in [3.63, 3.8) is 0 Å². The van der Waals surface area contributed by atoms with Crippen LogP contribution in [0.25, 0.3) is 0 Å². The molecule has 0 aliphatic carbocycles. The lowest BCUT2D eigenvalue weighted by atomic mass is 9.90. The standard InChI is InChI=1S/C17H26N2O/c1-13-6-8-15(9-7-13)12-19(3)17(20)11-16-14(2)5-4-10-18-16/h6-9,14,16,18H,4-5,10-12H2,1-3H3. The van der Waals surface area contributed by atoms with Gasteiger partial charge in [0, 0.05) is 26.1 Å². The molecule has 2 unspecified atom stereocenters. The maximum atomic E-state index is 12.3.